The summed E-state index contributed by atoms with van der Waals surface area (Å²) in [5.41, 5.74) is 2.80. The fourth-order valence-electron chi connectivity index (χ4n) is 1.90. The highest BCUT2D eigenvalue weighted by atomic mass is 16.1. The monoisotopic (exact) mass is 288 g/mol. The van der Waals surface area contributed by atoms with Crippen molar-refractivity contribution in [1.29, 1.82) is 5.26 Å². The third-order valence-corrected chi connectivity index (χ3v) is 2.99. The molecule has 0 bridgehead atoms. The average Bonchev–Trinajstić information content (AvgIpc) is 2.52. The van der Waals surface area contributed by atoms with Crippen molar-refractivity contribution >= 4 is 17.7 Å². The Morgan fingerprint density at radius 3 is 2.59 bits per heavy atom. The Morgan fingerprint density at radius 2 is 1.91 bits per heavy atom. The molecule has 0 aliphatic carbocycles. The van der Waals surface area contributed by atoms with E-state index in [1.807, 2.05) is 67.6 Å². The van der Waals surface area contributed by atoms with E-state index in [4.69, 9.17) is 5.26 Å². The molecule has 0 heterocycles. The van der Waals surface area contributed by atoms with Gasteiger partial charge in [-0.3, -0.25) is 4.79 Å². The molecule has 2 rings (SSSR count). The van der Waals surface area contributed by atoms with Gasteiger partial charge in [0.05, 0.1) is 0 Å². The van der Waals surface area contributed by atoms with Crippen LogP contribution in [0.1, 0.15) is 11.1 Å². The van der Waals surface area contributed by atoms with E-state index in [-0.39, 0.29) is 5.57 Å². The van der Waals surface area contributed by atoms with Gasteiger partial charge in [0.25, 0.3) is 5.91 Å². The molecular formula is C19H16N2O. The Balaban J connectivity index is 2.07. The summed E-state index contributed by atoms with van der Waals surface area (Å²) in [6, 6.07) is 19.1. The molecule has 3 nitrogen and oxygen atoms in total. The van der Waals surface area contributed by atoms with Gasteiger partial charge in [-0.1, -0.05) is 54.6 Å². The molecular weight excluding hydrogens is 272 g/mol. The smallest absolute Gasteiger partial charge is 0.266 e. The molecule has 22 heavy (non-hydrogen) atoms. The number of nitrogens with one attached hydrogen (secondary N) is 1. The van der Waals surface area contributed by atoms with Crippen molar-refractivity contribution in [3.63, 3.8) is 0 Å². The Bertz CT molecular complexity index is 753. The number of benzene rings is 2. The highest BCUT2D eigenvalue weighted by Gasteiger charge is 2.07. The first-order chi connectivity index (χ1) is 10.7. The molecule has 3 heteroatoms. The number of allylic oxidation sites excluding steroid dienone is 2. The van der Waals surface area contributed by atoms with Gasteiger partial charge in [0.15, 0.2) is 0 Å². The maximum atomic E-state index is 12.1. The van der Waals surface area contributed by atoms with Gasteiger partial charge in [0.2, 0.25) is 0 Å². The lowest BCUT2D eigenvalue weighted by Crippen LogP contribution is -2.13. The Labute approximate surface area is 130 Å². The number of anilines is 1. The summed E-state index contributed by atoms with van der Waals surface area (Å²) < 4.78 is 0. The largest absolute Gasteiger partial charge is 0.321 e. The van der Waals surface area contributed by atoms with E-state index in [0.29, 0.717) is 5.69 Å². The summed E-state index contributed by atoms with van der Waals surface area (Å²) in [7, 11) is 0. The van der Waals surface area contributed by atoms with Crippen LogP contribution in [0.3, 0.4) is 0 Å². The van der Waals surface area contributed by atoms with Gasteiger partial charge in [-0.2, -0.15) is 5.26 Å². The van der Waals surface area contributed by atoms with E-state index in [0.717, 1.165) is 11.1 Å². The van der Waals surface area contributed by atoms with E-state index in [1.165, 1.54) is 6.08 Å². The van der Waals surface area contributed by atoms with Crippen molar-refractivity contribution in [2.24, 2.45) is 0 Å². The van der Waals surface area contributed by atoms with Crippen molar-refractivity contribution in [1.82, 2.24) is 0 Å². The molecule has 0 saturated heterocycles. The SMILES string of the molecule is Cc1cccc(NC(=O)C(C#N)=CC=Cc2ccccc2)c1. The number of aryl methyl sites for hydroxylation is 1. The summed E-state index contributed by atoms with van der Waals surface area (Å²) in [6.45, 7) is 1.94. The maximum Gasteiger partial charge on any atom is 0.266 e. The van der Waals surface area contributed by atoms with Gasteiger partial charge in [-0.25, -0.2) is 0 Å². The zero-order chi connectivity index (χ0) is 15.8. The van der Waals surface area contributed by atoms with E-state index in [1.54, 1.807) is 12.1 Å². The fourth-order valence-corrected chi connectivity index (χ4v) is 1.90. The minimum atomic E-state index is -0.411. The van der Waals surface area contributed by atoms with Gasteiger partial charge in [-0.15, -0.1) is 0 Å². The van der Waals surface area contributed by atoms with Crippen LogP contribution in [0.2, 0.25) is 0 Å². The molecule has 0 aliphatic heterocycles. The van der Waals surface area contributed by atoms with Crippen molar-refractivity contribution in [2.75, 3.05) is 5.32 Å². The Morgan fingerprint density at radius 1 is 1.14 bits per heavy atom. The number of hydrogen-bond acceptors (Lipinski definition) is 2. The predicted octanol–water partition coefficient (Wildman–Crippen LogP) is 4.10. The first-order valence-electron chi connectivity index (χ1n) is 6.90. The molecule has 2 aromatic carbocycles. The summed E-state index contributed by atoms with van der Waals surface area (Å²) >= 11 is 0. The van der Waals surface area contributed by atoms with Crippen molar-refractivity contribution in [3.05, 3.63) is 83.4 Å². The summed E-state index contributed by atoms with van der Waals surface area (Å²) in [4.78, 5) is 12.1. The van der Waals surface area contributed by atoms with Crippen LogP contribution in [0.15, 0.2) is 72.3 Å². The quantitative estimate of drug-likeness (QED) is 0.523. The van der Waals surface area contributed by atoms with Crippen LogP contribution in [0.4, 0.5) is 5.69 Å². The van der Waals surface area contributed by atoms with Crippen LogP contribution < -0.4 is 5.32 Å². The highest BCUT2D eigenvalue weighted by Crippen LogP contribution is 2.11. The van der Waals surface area contributed by atoms with Gasteiger partial charge in [0.1, 0.15) is 11.6 Å². The first kappa shape index (κ1) is 15.3. The van der Waals surface area contributed by atoms with E-state index in [2.05, 4.69) is 5.32 Å². The van der Waals surface area contributed by atoms with Gasteiger partial charge in [-0.05, 0) is 36.3 Å². The van der Waals surface area contributed by atoms with Crippen molar-refractivity contribution in [3.8, 4) is 6.07 Å². The van der Waals surface area contributed by atoms with Crippen molar-refractivity contribution in [2.45, 2.75) is 6.92 Å². The number of amides is 1. The molecule has 0 saturated carbocycles. The molecule has 0 fully saturated rings. The standard InChI is InChI=1S/C19H16N2O/c1-15-7-5-12-18(13-15)21-19(22)17(14-20)11-6-10-16-8-3-2-4-9-16/h2-13H,1H3,(H,21,22). The predicted molar refractivity (Wildman–Crippen MR) is 89.0 cm³/mol. The number of nitriles is 1. The molecule has 0 unspecified atom stereocenters. The minimum absolute atomic E-state index is 0.0636. The lowest BCUT2D eigenvalue weighted by atomic mass is 10.2. The third-order valence-electron chi connectivity index (χ3n) is 2.99. The number of rotatable bonds is 4. The fraction of sp³-hybridized carbons (Fsp3) is 0.0526. The zero-order valence-electron chi connectivity index (χ0n) is 12.3. The third kappa shape index (κ3) is 4.46. The van der Waals surface area contributed by atoms with Crippen LogP contribution in [-0.4, -0.2) is 5.91 Å². The van der Waals surface area contributed by atoms with Crippen LogP contribution in [0.25, 0.3) is 6.08 Å². The van der Waals surface area contributed by atoms with Crippen LogP contribution >= 0.6 is 0 Å². The lowest BCUT2D eigenvalue weighted by molar-refractivity contribution is -0.112. The van der Waals surface area contributed by atoms with Gasteiger partial charge in [0, 0.05) is 5.69 Å². The maximum absolute atomic E-state index is 12.1. The Kier molecular flexibility index (Phi) is 5.28. The lowest BCUT2D eigenvalue weighted by Gasteiger charge is -2.04. The number of nitrogens with zero attached hydrogens (tertiary/aromatic N) is 1. The second kappa shape index (κ2) is 7.61. The van der Waals surface area contributed by atoms with Gasteiger partial charge >= 0.3 is 0 Å². The molecule has 0 aliphatic rings. The average molecular weight is 288 g/mol. The number of carbonyl (C=O) groups is 1. The molecule has 1 amide bonds. The first-order valence-corrected chi connectivity index (χ1v) is 6.90. The number of carbonyl (C=O) groups excluding carboxylic acids is 1. The van der Waals surface area contributed by atoms with E-state index >= 15 is 0 Å². The highest BCUT2D eigenvalue weighted by molar-refractivity contribution is 6.06. The summed E-state index contributed by atoms with van der Waals surface area (Å²) in [5.74, 6) is -0.411. The minimum Gasteiger partial charge on any atom is -0.321 e. The summed E-state index contributed by atoms with van der Waals surface area (Å²) in [5, 5.41) is 11.8. The summed E-state index contributed by atoms with van der Waals surface area (Å²) in [6.07, 6.45) is 5.05. The van der Waals surface area contributed by atoms with Gasteiger partial charge < -0.3 is 5.32 Å². The van der Waals surface area contributed by atoms with Crippen molar-refractivity contribution < 1.29 is 4.79 Å². The van der Waals surface area contributed by atoms with Crippen LogP contribution in [0, 0.1) is 18.3 Å². The second-order valence-corrected chi connectivity index (χ2v) is 4.79. The van der Waals surface area contributed by atoms with E-state index < -0.39 is 5.91 Å². The Hall–Kier alpha value is -3.12. The molecule has 1 N–H and O–H groups in total. The van der Waals surface area contributed by atoms with E-state index in [9.17, 15) is 4.79 Å². The number of hydrogen-bond donors (Lipinski definition) is 1. The molecule has 0 atom stereocenters. The topological polar surface area (TPSA) is 52.9 Å². The second-order valence-electron chi connectivity index (χ2n) is 4.79. The molecule has 0 spiro atoms. The molecule has 108 valence electrons. The van der Waals surface area contributed by atoms with Crippen LogP contribution in [0.5, 0.6) is 0 Å². The normalized spacial score (nSPS) is 11.2. The molecule has 0 aromatic heterocycles. The molecule has 2 aromatic rings. The van der Waals surface area contributed by atoms with Crippen LogP contribution in [-0.2, 0) is 4.79 Å². The zero-order valence-corrected chi connectivity index (χ0v) is 12.3. The molecule has 0 radical (unpaired) electrons.